The number of carbonyl (C=O) groups excluding carboxylic acids is 1. The van der Waals surface area contributed by atoms with Crippen molar-refractivity contribution >= 4 is 11.7 Å². The van der Waals surface area contributed by atoms with Crippen LogP contribution in [0.15, 0.2) is 12.1 Å². The Morgan fingerprint density at radius 3 is 2.42 bits per heavy atom. The number of hydrogen-bond acceptors (Lipinski definition) is 4. The van der Waals surface area contributed by atoms with Gasteiger partial charge in [0.05, 0.1) is 0 Å². The quantitative estimate of drug-likeness (QED) is 0.821. The minimum absolute atomic E-state index is 0.0637. The lowest BCUT2D eigenvalue weighted by atomic mass is 10.1. The monoisotopic (exact) mass is 264 g/mol. The van der Waals surface area contributed by atoms with Gasteiger partial charge in [-0.2, -0.15) is 0 Å². The molecule has 0 spiro atoms. The summed E-state index contributed by atoms with van der Waals surface area (Å²) < 4.78 is 0. The van der Waals surface area contributed by atoms with E-state index < -0.39 is 0 Å². The number of nitrogens with zero attached hydrogens (tertiary/aromatic N) is 3. The van der Waals surface area contributed by atoms with Crippen LogP contribution in [0, 0.1) is 5.92 Å². The van der Waals surface area contributed by atoms with Gasteiger partial charge < -0.3 is 10.2 Å². The van der Waals surface area contributed by atoms with Crippen molar-refractivity contribution in [1.29, 1.82) is 0 Å². The van der Waals surface area contributed by atoms with Crippen LogP contribution in [0.1, 0.15) is 44.6 Å². The minimum atomic E-state index is -0.0637. The Bertz CT molecular complexity index is 385. The average molecular weight is 264 g/mol. The summed E-state index contributed by atoms with van der Waals surface area (Å²) >= 11 is 0. The smallest absolute Gasteiger partial charge is 0.274 e. The summed E-state index contributed by atoms with van der Waals surface area (Å²) in [4.78, 5) is 13.8. The van der Waals surface area contributed by atoms with Crippen molar-refractivity contribution in [1.82, 2.24) is 15.1 Å². The van der Waals surface area contributed by atoms with Gasteiger partial charge in [-0.3, -0.25) is 4.79 Å². The van der Waals surface area contributed by atoms with Gasteiger partial charge in [0, 0.05) is 19.6 Å². The summed E-state index contributed by atoms with van der Waals surface area (Å²) in [6.07, 6.45) is 1.09. The maximum atomic E-state index is 12.0. The van der Waals surface area contributed by atoms with Crippen LogP contribution in [0.25, 0.3) is 0 Å². The van der Waals surface area contributed by atoms with E-state index in [-0.39, 0.29) is 5.91 Å². The molecule has 5 heteroatoms. The van der Waals surface area contributed by atoms with E-state index in [1.807, 2.05) is 19.9 Å². The fourth-order valence-electron chi connectivity index (χ4n) is 1.70. The first-order chi connectivity index (χ1) is 9.08. The fraction of sp³-hybridized carbons (Fsp3) is 0.643. The molecule has 1 rings (SSSR count). The maximum absolute atomic E-state index is 12.0. The van der Waals surface area contributed by atoms with Crippen LogP contribution in [0.2, 0.25) is 0 Å². The molecule has 0 aliphatic heterocycles. The summed E-state index contributed by atoms with van der Waals surface area (Å²) in [6.45, 7) is 10.5. The molecule has 0 aliphatic carbocycles. The van der Waals surface area contributed by atoms with Gasteiger partial charge in [-0.1, -0.05) is 13.8 Å². The highest BCUT2D eigenvalue weighted by Gasteiger charge is 2.14. The molecule has 0 unspecified atom stereocenters. The molecule has 1 heterocycles. The molecule has 0 atom stereocenters. The molecule has 1 aromatic rings. The Kier molecular flexibility index (Phi) is 6.25. The average Bonchev–Trinajstić information content (AvgIpc) is 2.40. The van der Waals surface area contributed by atoms with E-state index in [0.717, 1.165) is 18.8 Å². The van der Waals surface area contributed by atoms with Crippen LogP contribution in [0.3, 0.4) is 0 Å². The van der Waals surface area contributed by atoms with Crippen molar-refractivity contribution in [3.63, 3.8) is 0 Å². The van der Waals surface area contributed by atoms with Gasteiger partial charge in [0.25, 0.3) is 5.91 Å². The van der Waals surface area contributed by atoms with Crippen molar-refractivity contribution in [2.45, 2.75) is 34.1 Å². The number of amides is 1. The van der Waals surface area contributed by atoms with Gasteiger partial charge in [-0.15, -0.1) is 10.2 Å². The summed E-state index contributed by atoms with van der Waals surface area (Å²) in [6, 6.07) is 3.54. The molecule has 1 amide bonds. The highest BCUT2D eigenvalue weighted by Crippen LogP contribution is 2.06. The fourth-order valence-corrected chi connectivity index (χ4v) is 1.70. The van der Waals surface area contributed by atoms with Gasteiger partial charge >= 0.3 is 0 Å². The molecule has 0 fully saturated rings. The lowest BCUT2D eigenvalue weighted by molar-refractivity contribution is 0.0766. The molecule has 1 aromatic heterocycles. The third-order valence-corrected chi connectivity index (χ3v) is 2.96. The van der Waals surface area contributed by atoms with Crippen LogP contribution in [-0.4, -0.2) is 40.6 Å². The van der Waals surface area contributed by atoms with E-state index in [4.69, 9.17) is 0 Å². The Hall–Kier alpha value is -1.65. The number of anilines is 1. The minimum Gasteiger partial charge on any atom is -0.369 e. The van der Waals surface area contributed by atoms with E-state index in [1.54, 1.807) is 11.0 Å². The molecule has 5 nitrogen and oxygen atoms in total. The molecule has 19 heavy (non-hydrogen) atoms. The predicted octanol–water partition coefficient (Wildman–Crippen LogP) is 2.42. The Morgan fingerprint density at radius 2 is 1.95 bits per heavy atom. The van der Waals surface area contributed by atoms with Crippen LogP contribution in [0.5, 0.6) is 0 Å². The van der Waals surface area contributed by atoms with Crippen molar-refractivity contribution in [3.05, 3.63) is 17.8 Å². The van der Waals surface area contributed by atoms with Crippen LogP contribution < -0.4 is 5.32 Å². The van der Waals surface area contributed by atoms with E-state index in [9.17, 15) is 4.79 Å². The Labute approximate surface area is 115 Å². The third-order valence-electron chi connectivity index (χ3n) is 2.96. The van der Waals surface area contributed by atoms with E-state index >= 15 is 0 Å². The zero-order chi connectivity index (χ0) is 14.3. The predicted molar refractivity (Wildman–Crippen MR) is 77.2 cm³/mol. The van der Waals surface area contributed by atoms with E-state index in [0.29, 0.717) is 24.7 Å². The van der Waals surface area contributed by atoms with Gasteiger partial charge in [0.1, 0.15) is 5.82 Å². The largest absolute Gasteiger partial charge is 0.369 e. The second-order valence-corrected chi connectivity index (χ2v) is 4.89. The first-order valence-corrected chi connectivity index (χ1v) is 6.95. The summed E-state index contributed by atoms with van der Waals surface area (Å²) in [5, 5.41) is 11.2. The van der Waals surface area contributed by atoms with Crippen molar-refractivity contribution in [3.8, 4) is 0 Å². The van der Waals surface area contributed by atoms with Gasteiger partial charge in [-0.25, -0.2) is 0 Å². The van der Waals surface area contributed by atoms with Crippen molar-refractivity contribution < 1.29 is 4.79 Å². The van der Waals surface area contributed by atoms with Crippen LogP contribution in [-0.2, 0) is 0 Å². The van der Waals surface area contributed by atoms with Gasteiger partial charge in [0.2, 0.25) is 0 Å². The van der Waals surface area contributed by atoms with E-state index in [1.165, 1.54) is 0 Å². The molecule has 0 saturated carbocycles. The lowest BCUT2D eigenvalue weighted by Crippen LogP contribution is -2.31. The summed E-state index contributed by atoms with van der Waals surface area (Å²) in [5.41, 5.74) is 0.401. The summed E-state index contributed by atoms with van der Waals surface area (Å²) in [7, 11) is 0. The van der Waals surface area contributed by atoms with E-state index in [2.05, 4.69) is 29.4 Å². The SMILES string of the molecule is CCN(CC)C(=O)c1ccc(NCCC(C)C)nn1. The molecule has 106 valence electrons. The summed E-state index contributed by atoms with van der Waals surface area (Å²) in [5.74, 6) is 1.31. The normalized spacial score (nSPS) is 10.6. The lowest BCUT2D eigenvalue weighted by Gasteiger charge is -2.17. The number of rotatable bonds is 7. The second-order valence-electron chi connectivity index (χ2n) is 4.89. The number of hydrogen-bond donors (Lipinski definition) is 1. The van der Waals surface area contributed by atoms with Gasteiger partial charge in [0.15, 0.2) is 5.69 Å². The second kappa shape index (κ2) is 7.71. The molecule has 0 aliphatic rings. The zero-order valence-electron chi connectivity index (χ0n) is 12.3. The Morgan fingerprint density at radius 1 is 1.26 bits per heavy atom. The van der Waals surface area contributed by atoms with Crippen LogP contribution in [0.4, 0.5) is 5.82 Å². The molecule has 0 bridgehead atoms. The highest BCUT2D eigenvalue weighted by molar-refractivity contribution is 5.92. The molecule has 1 N–H and O–H groups in total. The number of aromatic nitrogens is 2. The molecule has 0 aromatic carbocycles. The van der Waals surface area contributed by atoms with Crippen LogP contribution >= 0.6 is 0 Å². The highest BCUT2D eigenvalue weighted by atomic mass is 16.2. The topological polar surface area (TPSA) is 58.1 Å². The first-order valence-electron chi connectivity index (χ1n) is 6.95. The molecule has 0 saturated heterocycles. The third kappa shape index (κ3) is 4.85. The number of carbonyl (C=O) groups is 1. The standard InChI is InChI=1S/C14H24N4O/c1-5-18(6-2)14(19)12-7-8-13(17-16-12)15-10-9-11(3)4/h7-8,11H,5-6,9-10H2,1-4H3,(H,15,17). The number of nitrogens with one attached hydrogen (secondary N) is 1. The molecular formula is C14H24N4O. The first kappa shape index (κ1) is 15.4. The molecular weight excluding hydrogens is 240 g/mol. The van der Waals surface area contributed by atoms with Crippen molar-refractivity contribution in [2.75, 3.05) is 25.0 Å². The zero-order valence-corrected chi connectivity index (χ0v) is 12.3. The van der Waals surface area contributed by atoms with Crippen molar-refractivity contribution in [2.24, 2.45) is 5.92 Å². The van der Waals surface area contributed by atoms with Gasteiger partial charge in [-0.05, 0) is 38.3 Å². The Balaban J connectivity index is 2.58. The maximum Gasteiger partial charge on any atom is 0.274 e. The molecule has 0 radical (unpaired) electrons.